The highest BCUT2D eigenvalue weighted by atomic mass is 16.5. The van der Waals surface area contributed by atoms with Crippen LogP contribution in [0.3, 0.4) is 0 Å². The first-order valence-electron chi connectivity index (χ1n) is 6.19. The van der Waals surface area contributed by atoms with E-state index in [-0.39, 0.29) is 12.0 Å². The molecular weight excluding hydrogens is 214 g/mol. The fourth-order valence-electron chi connectivity index (χ4n) is 1.93. The second-order valence-electron chi connectivity index (χ2n) is 4.89. The Hall–Kier alpha value is -1.51. The average Bonchev–Trinajstić information content (AvgIpc) is 2.71. The Morgan fingerprint density at radius 3 is 2.94 bits per heavy atom. The van der Waals surface area contributed by atoms with Crippen LogP contribution in [0.25, 0.3) is 0 Å². The molecule has 0 saturated heterocycles. The number of para-hydroxylation sites is 1. The topological polar surface area (TPSA) is 38.3 Å². The lowest BCUT2D eigenvalue weighted by Crippen LogP contribution is -2.38. The monoisotopic (exact) mass is 233 g/mol. The summed E-state index contributed by atoms with van der Waals surface area (Å²) in [5.74, 6) is 1.45. The Labute approximate surface area is 102 Å². The molecule has 17 heavy (non-hydrogen) atoms. The fourth-order valence-corrected chi connectivity index (χ4v) is 1.93. The zero-order valence-corrected chi connectivity index (χ0v) is 10.4. The number of carbonyl (C=O) groups is 1. The summed E-state index contributed by atoms with van der Waals surface area (Å²) in [5, 5.41) is 2.93. The molecule has 0 aliphatic carbocycles. The number of carbonyl (C=O) groups excluding carboxylic acids is 1. The van der Waals surface area contributed by atoms with Crippen molar-refractivity contribution in [1.82, 2.24) is 5.32 Å². The van der Waals surface area contributed by atoms with Gasteiger partial charge in [-0.05, 0) is 24.0 Å². The molecule has 1 amide bonds. The van der Waals surface area contributed by atoms with Crippen LogP contribution < -0.4 is 10.1 Å². The molecule has 1 aliphatic heterocycles. The van der Waals surface area contributed by atoms with Gasteiger partial charge >= 0.3 is 0 Å². The van der Waals surface area contributed by atoms with Gasteiger partial charge in [-0.15, -0.1) is 0 Å². The van der Waals surface area contributed by atoms with Crippen LogP contribution in [-0.4, -0.2) is 18.6 Å². The summed E-state index contributed by atoms with van der Waals surface area (Å²) in [5.41, 5.74) is 1.12. The fraction of sp³-hybridized carbons (Fsp3) is 0.500. The van der Waals surface area contributed by atoms with Gasteiger partial charge < -0.3 is 10.1 Å². The van der Waals surface area contributed by atoms with Crippen LogP contribution in [0.15, 0.2) is 24.3 Å². The van der Waals surface area contributed by atoms with E-state index >= 15 is 0 Å². The summed E-state index contributed by atoms with van der Waals surface area (Å²) in [6.45, 7) is 5.02. The summed E-state index contributed by atoms with van der Waals surface area (Å²) < 4.78 is 5.61. The van der Waals surface area contributed by atoms with Gasteiger partial charge in [-0.2, -0.15) is 0 Å². The lowest BCUT2D eigenvalue weighted by atomic mass is 10.1. The normalized spacial score (nSPS) is 17.7. The highest BCUT2D eigenvalue weighted by Gasteiger charge is 2.28. The second-order valence-corrected chi connectivity index (χ2v) is 4.89. The van der Waals surface area contributed by atoms with Crippen molar-refractivity contribution in [2.24, 2.45) is 5.92 Å². The van der Waals surface area contributed by atoms with Gasteiger partial charge in [-0.1, -0.05) is 32.0 Å². The maximum Gasteiger partial charge on any atom is 0.261 e. The van der Waals surface area contributed by atoms with Crippen LogP contribution in [0.4, 0.5) is 0 Å². The summed E-state index contributed by atoms with van der Waals surface area (Å²) in [6.07, 6.45) is 1.34. The third kappa shape index (κ3) is 2.99. The quantitative estimate of drug-likeness (QED) is 0.865. The van der Waals surface area contributed by atoms with Crippen LogP contribution in [0.5, 0.6) is 5.75 Å². The molecule has 2 rings (SSSR count). The summed E-state index contributed by atoms with van der Waals surface area (Å²) in [7, 11) is 0. The van der Waals surface area contributed by atoms with Crippen molar-refractivity contribution in [2.75, 3.05) is 6.54 Å². The molecule has 1 unspecified atom stereocenters. The van der Waals surface area contributed by atoms with Gasteiger partial charge in [0, 0.05) is 13.0 Å². The number of amides is 1. The summed E-state index contributed by atoms with van der Waals surface area (Å²) >= 11 is 0. The van der Waals surface area contributed by atoms with Crippen molar-refractivity contribution >= 4 is 5.91 Å². The molecule has 3 heteroatoms. The molecule has 0 saturated carbocycles. The minimum atomic E-state index is -0.348. The van der Waals surface area contributed by atoms with Crippen LogP contribution in [0, 0.1) is 5.92 Å². The van der Waals surface area contributed by atoms with E-state index < -0.39 is 0 Å². The van der Waals surface area contributed by atoms with E-state index in [9.17, 15) is 4.79 Å². The van der Waals surface area contributed by atoms with Gasteiger partial charge in [0.05, 0.1) is 0 Å². The Balaban J connectivity index is 1.84. The van der Waals surface area contributed by atoms with Crippen LogP contribution in [0.2, 0.25) is 0 Å². The van der Waals surface area contributed by atoms with Gasteiger partial charge in [0.2, 0.25) is 0 Å². The van der Waals surface area contributed by atoms with Gasteiger partial charge in [0.1, 0.15) is 5.75 Å². The maximum absolute atomic E-state index is 11.9. The summed E-state index contributed by atoms with van der Waals surface area (Å²) in [4.78, 5) is 11.9. The number of fused-ring (bicyclic) bond motifs is 1. The lowest BCUT2D eigenvalue weighted by molar-refractivity contribution is -0.127. The molecule has 0 spiro atoms. The molecular formula is C14H19NO2. The first kappa shape index (κ1) is 12.0. The Kier molecular flexibility index (Phi) is 3.67. The van der Waals surface area contributed by atoms with Crippen molar-refractivity contribution in [2.45, 2.75) is 32.8 Å². The van der Waals surface area contributed by atoms with Gasteiger partial charge in [0.25, 0.3) is 5.91 Å². The molecule has 0 aromatic heterocycles. The molecule has 1 heterocycles. The third-order valence-electron chi connectivity index (χ3n) is 2.96. The minimum absolute atomic E-state index is 0.00171. The Morgan fingerprint density at radius 2 is 2.24 bits per heavy atom. The van der Waals surface area contributed by atoms with Gasteiger partial charge in [-0.25, -0.2) is 0 Å². The zero-order valence-electron chi connectivity index (χ0n) is 10.4. The predicted octanol–water partition coefficient (Wildman–Crippen LogP) is 2.15. The standard InChI is InChI=1S/C14H19NO2/c1-10(2)7-8-15-14(16)13-9-11-5-3-4-6-12(11)17-13/h3-6,10,13H,7-9H2,1-2H3,(H,15,16). The third-order valence-corrected chi connectivity index (χ3v) is 2.96. The minimum Gasteiger partial charge on any atom is -0.480 e. The van der Waals surface area contributed by atoms with Crippen molar-refractivity contribution in [3.05, 3.63) is 29.8 Å². The number of nitrogens with one attached hydrogen (secondary N) is 1. The lowest BCUT2D eigenvalue weighted by Gasteiger charge is -2.12. The second kappa shape index (κ2) is 5.21. The van der Waals surface area contributed by atoms with E-state index in [1.54, 1.807) is 0 Å². The largest absolute Gasteiger partial charge is 0.480 e. The van der Waals surface area contributed by atoms with Crippen molar-refractivity contribution in [3.63, 3.8) is 0 Å². The molecule has 1 N–H and O–H groups in total. The molecule has 3 nitrogen and oxygen atoms in total. The van der Waals surface area contributed by atoms with Crippen molar-refractivity contribution in [3.8, 4) is 5.75 Å². The van der Waals surface area contributed by atoms with E-state index in [4.69, 9.17) is 4.74 Å². The van der Waals surface area contributed by atoms with Crippen molar-refractivity contribution < 1.29 is 9.53 Å². The smallest absolute Gasteiger partial charge is 0.261 e. The number of ether oxygens (including phenoxy) is 1. The summed E-state index contributed by atoms with van der Waals surface area (Å²) in [6, 6.07) is 7.83. The highest BCUT2D eigenvalue weighted by Crippen LogP contribution is 2.27. The molecule has 0 radical (unpaired) electrons. The van der Waals surface area contributed by atoms with Crippen LogP contribution >= 0.6 is 0 Å². The van der Waals surface area contributed by atoms with Gasteiger partial charge in [-0.3, -0.25) is 4.79 Å². The van der Waals surface area contributed by atoms with E-state index in [1.165, 1.54) is 0 Å². The SMILES string of the molecule is CC(C)CCNC(=O)C1Cc2ccccc2O1. The van der Waals surface area contributed by atoms with Gasteiger partial charge in [0.15, 0.2) is 6.10 Å². The van der Waals surface area contributed by atoms with Crippen LogP contribution in [0.1, 0.15) is 25.8 Å². The molecule has 0 fully saturated rings. The first-order chi connectivity index (χ1) is 8.16. The number of rotatable bonds is 4. The average molecular weight is 233 g/mol. The molecule has 92 valence electrons. The predicted molar refractivity (Wildman–Crippen MR) is 67.0 cm³/mol. The Bertz CT molecular complexity index is 376. The molecule has 1 aliphatic rings. The maximum atomic E-state index is 11.9. The molecule has 1 aromatic carbocycles. The number of benzene rings is 1. The Morgan fingerprint density at radius 1 is 1.47 bits per heavy atom. The van der Waals surface area contributed by atoms with Crippen molar-refractivity contribution in [1.29, 1.82) is 0 Å². The number of hydrogen-bond acceptors (Lipinski definition) is 2. The van der Waals surface area contributed by atoms with E-state index in [0.717, 1.165) is 24.3 Å². The molecule has 1 atom stereocenters. The molecule has 1 aromatic rings. The van der Waals surface area contributed by atoms with E-state index in [0.29, 0.717) is 12.3 Å². The van der Waals surface area contributed by atoms with Crippen LogP contribution in [-0.2, 0) is 11.2 Å². The highest BCUT2D eigenvalue weighted by molar-refractivity contribution is 5.82. The molecule has 0 bridgehead atoms. The zero-order chi connectivity index (χ0) is 12.3. The number of hydrogen-bond donors (Lipinski definition) is 1. The van der Waals surface area contributed by atoms with E-state index in [2.05, 4.69) is 19.2 Å². The first-order valence-corrected chi connectivity index (χ1v) is 6.19. The van der Waals surface area contributed by atoms with E-state index in [1.807, 2.05) is 24.3 Å².